The van der Waals surface area contributed by atoms with Crippen LogP contribution in [0.3, 0.4) is 0 Å². The number of nitrogens with one attached hydrogen (secondary N) is 1. The molecule has 2 atom stereocenters. The van der Waals surface area contributed by atoms with E-state index in [2.05, 4.69) is 5.32 Å². The molecule has 158 valence electrons. The third-order valence-corrected chi connectivity index (χ3v) is 5.04. The molecule has 1 heterocycles. The van der Waals surface area contributed by atoms with Crippen LogP contribution in [0.25, 0.3) is 0 Å². The van der Waals surface area contributed by atoms with Crippen LogP contribution >= 0.6 is 11.6 Å². The summed E-state index contributed by atoms with van der Waals surface area (Å²) in [6, 6.07) is 8.66. The number of hydrogen-bond acceptors (Lipinski definition) is 2. The second-order valence-electron chi connectivity index (χ2n) is 6.92. The van der Waals surface area contributed by atoms with E-state index in [4.69, 9.17) is 16.3 Å². The van der Waals surface area contributed by atoms with E-state index in [0.29, 0.717) is 36.7 Å². The van der Waals surface area contributed by atoms with Crippen LogP contribution in [-0.4, -0.2) is 19.2 Å². The van der Waals surface area contributed by atoms with Gasteiger partial charge in [-0.2, -0.15) is 26.3 Å². The molecule has 0 aliphatic carbocycles. The lowest BCUT2D eigenvalue weighted by Crippen LogP contribution is -2.39. The minimum absolute atomic E-state index is 0.114. The highest BCUT2D eigenvalue weighted by atomic mass is 35.5. The molecule has 1 fully saturated rings. The number of rotatable bonds is 4. The molecule has 9 heteroatoms. The molecule has 2 unspecified atom stereocenters. The van der Waals surface area contributed by atoms with Crippen LogP contribution in [0.1, 0.15) is 34.6 Å². The highest BCUT2D eigenvalue weighted by Crippen LogP contribution is 2.37. The van der Waals surface area contributed by atoms with Gasteiger partial charge in [-0.25, -0.2) is 0 Å². The summed E-state index contributed by atoms with van der Waals surface area (Å²) < 4.78 is 83.9. The van der Waals surface area contributed by atoms with Gasteiger partial charge in [0.05, 0.1) is 23.8 Å². The Hall–Kier alpha value is -1.77. The van der Waals surface area contributed by atoms with E-state index in [1.807, 2.05) is 6.07 Å². The van der Waals surface area contributed by atoms with Crippen molar-refractivity contribution in [2.24, 2.45) is 0 Å². The summed E-state index contributed by atoms with van der Waals surface area (Å²) in [5.74, 6) is -0.115. The van der Waals surface area contributed by atoms with Gasteiger partial charge in [0.25, 0.3) is 0 Å². The summed E-state index contributed by atoms with van der Waals surface area (Å²) in [7, 11) is 0. The van der Waals surface area contributed by atoms with Crippen LogP contribution in [0.2, 0.25) is 5.02 Å². The molecule has 2 aromatic carbocycles. The Labute approximate surface area is 168 Å². The van der Waals surface area contributed by atoms with Gasteiger partial charge in [0.2, 0.25) is 0 Å². The largest absolute Gasteiger partial charge is 0.416 e. The number of benzene rings is 2. The lowest BCUT2D eigenvalue weighted by molar-refractivity contribution is -0.143. The van der Waals surface area contributed by atoms with E-state index in [0.717, 1.165) is 5.56 Å². The van der Waals surface area contributed by atoms with Gasteiger partial charge in [0.1, 0.15) is 0 Å². The van der Waals surface area contributed by atoms with Gasteiger partial charge >= 0.3 is 12.4 Å². The van der Waals surface area contributed by atoms with Gasteiger partial charge in [0, 0.05) is 17.5 Å². The smallest absolute Gasteiger partial charge is 0.373 e. The third kappa shape index (κ3) is 5.65. The number of hydrogen-bond donors (Lipinski definition) is 1. The quantitative estimate of drug-likeness (QED) is 0.589. The van der Waals surface area contributed by atoms with Gasteiger partial charge in [-0.1, -0.05) is 23.7 Å². The second-order valence-corrected chi connectivity index (χ2v) is 7.35. The van der Waals surface area contributed by atoms with Crippen molar-refractivity contribution in [2.45, 2.75) is 37.4 Å². The Morgan fingerprint density at radius 1 is 0.966 bits per heavy atom. The van der Waals surface area contributed by atoms with E-state index >= 15 is 0 Å². The first-order valence-electron chi connectivity index (χ1n) is 8.90. The summed E-state index contributed by atoms with van der Waals surface area (Å²) in [4.78, 5) is 0. The summed E-state index contributed by atoms with van der Waals surface area (Å²) in [6.45, 7) is 0.855. The number of ether oxygens (including phenoxy) is 1. The van der Waals surface area contributed by atoms with Crippen molar-refractivity contribution in [1.82, 2.24) is 5.32 Å². The molecule has 0 amide bonds. The molecule has 3 rings (SSSR count). The monoisotopic (exact) mass is 437 g/mol. The zero-order valence-corrected chi connectivity index (χ0v) is 15.8. The van der Waals surface area contributed by atoms with Crippen LogP contribution in [0, 0.1) is 0 Å². The molecule has 0 bridgehead atoms. The van der Waals surface area contributed by atoms with E-state index < -0.39 is 23.5 Å². The van der Waals surface area contributed by atoms with Crippen LogP contribution in [-0.2, 0) is 23.7 Å². The zero-order chi connectivity index (χ0) is 21.2. The van der Waals surface area contributed by atoms with Gasteiger partial charge in [-0.05, 0) is 54.4 Å². The second kappa shape index (κ2) is 8.53. The molecule has 1 N–H and O–H groups in total. The fourth-order valence-electron chi connectivity index (χ4n) is 3.41. The lowest BCUT2D eigenvalue weighted by atomic mass is 9.89. The lowest BCUT2D eigenvalue weighted by Gasteiger charge is -2.32. The van der Waals surface area contributed by atoms with Crippen LogP contribution in [0.15, 0.2) is 42.5 Å². The molecule has 2 nitrogen and oxygen atoms in total. The first-order chi connectivity index (χ1) is 13.5. The maximum Gasteiger partial charge on any atom is 0.416 e. The molecule has 0 radical (unpaired) electrons. The SMILES string of the molecule is FC(F)(F)c1cc(COC2CCNCC2c2cccc(Cl)c2)cc(C(F)(F)F)c1. The number of piperidine rings is 1. The fourth-order valence-corrected chi connectivity index (χ4v) is 3.61. The Bertz CT molecular complexity index is 819. The Balaban J connectivity index is 1.82. The standard InChI is InChI=1S/C20H18ClF6NO/c21-16-3-1-2-13(8-16)17-10-28-5-4-18(17)29-11-12-6-14(19(22,23)24)9-15(7-12)20(25,26)27/h1-3,6-9,17-18,28H,4-5,10-11H2. The Morgan fingerprint density at radius 2 is 1.62 bits per heavy atom. The van der Waals surface area contributed by atoms with E-state index in [9.17, 15) is 26.3 Å². The molecule has 0 aromatic heterocycles. The summed E-state index contributed by atoms with van der Waals surface area (Å²) in [6.07, 6.45) is -9.55. The average Bonchev–Trinajstić information content (AvgIpc) is 2.65. The van der Waals surface area contributed by atoms with Crippen molar-refractivity contribution < 1.29 is 31.1 Å². The van der Waals surface area contributed by atoms with Crippen LogP contribution < -0.4 is 5.32 Å². The zero-order valence-electron chi connectivity index (χ0n) is 15.1. The number of alkyl halides is 6. The van der Waals surface area contributed by atoms with E-state index in [1.165, 1.54) is 0 Å². The normalized spacial score (nSPS) is 20.7. The number of halogens is 7. The summed E-state index contributed by atoms with van der Waals surface area (Å²) in [5, 5.41) is 3.76. The van der Waals surface area contributed by atoms with E-state index in [-0.39, 0.29) is 30.3 Å². The molecule has 29 heavy (non-hydrogen) atoms. The van der Waals surface area contributed by atoms with Gasteiger partial charge in [0.15, 0.2) is 0 Å². The topological polar surface area (TPSA) is 21.3 Å². The molecule has 0 spiro atoms. The molecule has 0 saturated carbocycles. The summed E-state index contributed by atoms with van der Waals surface area (Å²) >= 11 is 6.03. The van der Waals surface area contributed by atoms with Crippen molar-refractivity contribution in [3.05, 3.63) is 69.7 Å². The highest BCUT2D eigenvalue weighted by molar-refractivity contribution is 6.30. The van der Waals surface area contributed by atoms with Crippen molar-refractivity contribution in [3.63, 3.8) is 0 Å². The van der Waals surface area contributed by atoms with Gasteiger partial charge < -0.3 is 10.1 Å². The maximum atomic E-state index is 13.0. The average molecular weight is 438 g/mol. The Morgan fingerprint density at radius 3 is 2.21 bits per heavy atom. The van der Waals surface area contributed by atoms with Crippen molar-refractivity contribution >= 4 is 11.6 Å². The highest BCUT2D eigenvalue weighted by Gasteiger charge is 2.37. The van der Waals surface area contributed by atoms with Crippen molar-refractivity contribution in [1.29, 1.82) is 0 Å². The predicted octanol–water partition coefficient (Wildman–Crippen LogP) is 6.04. The fraction of sp³-hybridized carbons (Fsp3) is 0.400. The van der Waals surface area contributed by atoms with Gasteiger partial charge in [-0.3, -0.25) is 0 Å². The first kappa shape index (κ1) is 21.9. The molecular weight excluding hydrogens is 420 g/mol. The minimum Gasteiger partial charge on any atom is -0.373 e. The van der Waals surface area contributed by atoms with E-state index in [1.54, 1.807) is 18.2 Å². The van der Waals surface area contributed by atoms with Gasteiger partial charge in [-0.15, -0.1) is 0 Å². The first-order valence-corrected chi connectivity index (χ1v) is 9.28. The minimum atomic E-state index is -4.88. The Kier molecular flexibility index (Phi) is 6.45. The molecule has 1 aliphatic rings. The van der Waals surface area contributed by atoms with Crippen LogP contribution in [0.5, 0.6) is 0 Å². The molecular formula is C20H18ClF6NO. The summed E-state index contributed by atoms with van der Waals surface area (Å²) in [5.41, 5.74) is -1.96. The molecule has 1 saturated heterocycles. The van der Waals surface area contributed by atoms with Crippen LogP contribution in [0.4, 0.5) is 26.3 Å². The maximum absolute atomic E-state index is 13.0. The molecule has 1 aliphatic heterocycles. The molecule has 2 aromatic rings. The predicted molar refractivity (Wildman–Crippen MR) is 96.7 cm³/mol. The van der Waals surface area contributed by atoms with Crippen molar-refractivity contribution in [2.75, 3.05) is 13.1 Å². The van der Waals surface area contributed by atoms with Crippen molar-refractivity contribution in [3.8, 4) is 0 Å². The third-order valence-electron chi connectivity index (χ3n) is 4.81.